The number of methoxy groups -OCH3 is 1. The van der Waals surface area contributed by atoms with Crippen LogP contribution in [-0.2, 0) is 17.8 Å². The van der Waals surface area contributed by atoms with Gasteiger partial charge in [-0.25, -0.2) is 0 Å². The normalized spacial score (nSPS) is 15.0. The Hall–Kier alpha value is -2.09. The summed E-state index contributed by atoms with van der Waals surface area (Å²) in [5, 5.41) is 0. The van der Waals surface area contributed by atoms with Crippen molar-refractivity contribution in [2.45, 2.75) is 20.0 Å². The summed E-state index contributed by atoms with van der Waals surface area (Å²) < 4.78 is 13.3. The van der Waals surface area contributed by atoms with Crippen LogP contribution in [0.2, 0.25) is 0 Å². The zero-order chi connectivity index (χ0) is 21.7. The van der Waals surface area contributed by atoms with Crippen molar-refractivity contribution in [1.29, 1.82) is 0 Å². The average Bonchev–Trinajstić information content (AvgIpc) is 3.00. The standard InChI is InChI=1S/C23H22BrNO3S2/c1-4-6-17-11-16(13-20-22(26)25(5-2)23(29)30-20)12-19(27-3)21(17)28-14-15-7-9-18(24)10-8-15/h4,7-13H,1,5-6,14H2,2-3H3/b20-13+. The maximum absolute atomic E-state index is 12.5. The van der Waals surface area contributed by atoms with Gasteiger partial charge in [0, 0.05) is 16.6 Å². The molecule has 0 unspecified atom stereocenters. The van der Waals surface area contributed by atoms with E-state index in [0.29, 0.717) is 40.3 Å². The molecule has 0 aromatic heterocycles. The molecule has 4 nitrogen and oxygen atoms in total. The van der Waals surface area contributed by atoms with Gasteiger partial charge in [-0.05, 0) is 54.8 Å². The van der Waals surface area contributed by atoms with Gasteiger partial charge in [0.05, 0.1) is 12.0 Å². The number of thiocarbonyl (C=S) groups is 1. The zero-order valence-corrected chi connectivity index (χ0v) is 20.0. The second kappa shape index (κ2) is 10.3. The molecule has 30 heavy (non-hydrogen) atoms. The van der Waals surface area contributed by atoms with Crippen molar-refractivity contribution < 1.29 is 14.3 Å². The van der Waals surface area contributed by atoms with Crippen molar-refractivity contribution in [2.24, 2.45) is 0 Å². The Morgan fingerprint density at radius 3 is 2.60 bits per heavy atom. The summed E-state index contributed by atoms with van der Waals surface area (Å²) in [5.74, 6) is 1.23. The zero-order valence-electron chi connectivity index (χ0n) is 16.8. The molecule has 0 atom stereocenters. The third-order valence-electron chi connectivity index (χ3n) is 4.52. The average molecular weight is 504 g/mol. The van der Waals surface area contributed by atoms with Crippen LogP contribution in [0.1, 0.15) is 23.6 Å². The molecule has 156 valence electrons. The number of rotatable bonds is 8. The molecule has 7 heteroatoms. The van der Waals surface area contributed by atoms with Gasteiger partial charge in [0.25, 0.3) is 5.91 Å². The summed E-state index contributed by atoms with van der Waals surface area (Å²) >= 11 is 10.1. The predicted octanol–water partition coefficient (Wildman–Crippen LogP) is 5.99. The van der Waals surface area contributed by atoms with E-state index in [0.717, 1.165) is 21.2 Å². The van der Waals surface area contributed by atoms with Gasteiger partial charge in [-0.3, -0.25) is 9.69 Å². The summed E-state index contributed by atoms with van der Waals surface area (Å²) in [6.07, 6.45) is 4.29. The fourth-order valence-corrected chi connectivity index (χ4v) is 4.70. The van der Waals surface area contributed by atoms with Gasteiger partial charge in [0.15, 0.2) is 11.5 Å². The van der Waals surface area contributed by atoms with Gasteiger partial charge in [-0.1, -0.05) is 58.1 Å². The van der Waals surface area contributed by atoms with Crippen molar-refractivity contribution in [2.75, 3.05) is 13.7 Å². The van der Waals surface area contributed by atoms with Crippen LogP contribution < -0.4 is 9.47 Å². The number of carbonyl (C=O) groups is 1. The van der Waals surface area contributed by atoms with E-state index < -0.39 is 0 Å². The lowest BCUT2D eigenvalue weighted by molar-refractivity contribution is -0.121. The number of thioether (sulfide) groups is 1. The maximum Gasteiger partial charge on any atom is 0.266 e. The third kappa shape index (κ3) is 5.14. The SMILES string of the molecule is C=CCc1cc(/C=C2/SC(=S)N(CC)C2=O)cc(OC)c1OCc1ccc(Br)cc1. The van der Waals surface area contributed by atoms with E-state index in [4.69, 9.17) is 21.7 Å². The summed E-state index contributed by atoms with van der Waals surface area (Å²) in [4.78, 5) is 14.7. The van der Waals surface area contributed by atoms with Crippen molar-refractivity contribution >= 4 is 56.2 Å². The fourth-order valence-electron chi connectivity index (χ4n) is 3.05. The number of benzene rings is 2. The van der Waals surface area contributed by atoms with E-state index in [-0.39, 0.29) is 5.91 Å². The Bertz CT molecular complexity index is 1000. The Morgan fingerprint density at radius 2 is 2.00 bits per heavy atom. The Morgan fingerprint density at radius 1 is 1.27 bits per heavy atom. The molecule has 2 aromatic rings. The van der Waals surface area contributed by atoms with E-state index in [2.05, 4.69) is 22.5 Å². The lowest BCUT2D eigenvalue weighted by Crippen LogP contribution is -2.27. The molecule has 0 N–H and O–H groups in total. The van der Waals surface area contributed by atoms with Crippen molar-refractivity contribution in [3.8, 4) is 11.5 Å². The van der Waals surface area contributed by atoms with Crippen LogP contribution in [0.15, 0.2) is 58.4 Å². The van der Waals surface area contributed by atoms with Crippen molar-refractivity contribution in [3.63, 3.8) is 0 Å². The molecule has 3 rings (SSSR count). The fraction of sp³-hybridized carbons (Fsp3) is 0.217. The second-order valence-electron chi connectivity index (χ2n) is 6.55. The molecule has 1 saturated heterocycles. The topological polar surface area (TPSA) is 38.8 Å². The van der Waals surface area contributed by atoms with Gasteiger partial charge in [0.2, 0.25) is 0 Å². The molecule has 1 aliphatic rings. The number of hydrogen-bond acceptors (Lipinski definition) is 5. The number of carbonyl (C=O) groups excluding carboxylic acids is 1. The van der Waals surface area contributed by atoms with Gasteiger partial charge in [-0.2, -0.15) is 0 Å². The van der Waals surface area contributed by atoms with Crippen molar-refractivity contribution in [3.05, 3.63) is 75.1 Å². The summed E-state index contributed by atoms with van der Waals surface area (Å²) in [6.45, 7) is 6.75. The second-order valence-corrected chi connectivity index (χ2v) is 9.14. The Balaban J connectivity index is 1.92. The number of nitrogens with zero attached hydrogens (tertiary/aromatic N) is 1. The predicted molar refractivity (Wildman–Crippen MR) is 131 cm³/mol. The van der Waals surface area contributed by atoms with Crippen LogP contribution >= 0.6 is 39.9 Å². The van der Waals surface area contributed by atoms with Crippen LogP contribution in [0.25, 0.3) is 6.08 Å². The van der Waals surface area contributed by atoms with Crippen LogP contribution in [0, 0.1) is 0 Å². The quantitative estimate of drug-likeness (QED) is 0.251. The van der Waals surface area contributed by atoms with Gasteiger partial charge in [-0.15, -0.1) is 6.58 Å². The number of ether oxygens (including phenoxy) is 2. The minimum absolute atomic E-state index is 0.0627. The third-order valence-corrected chi connectivity index (χ3v) is 6.43. The first kappa shape index (κ1) is 22.6. The highest BCUT2D eigenvalue weighted by atomic mass is 79.9. The first-order chi connectivity index (χ1) is 14.5. The lowest BCUT2D eigenvalue weighted by atomic mass is 10.0. The smallest absolute Gasteiger partial charge is 0.266 e. The largest absolute Gasteiger partial charge is 0.493 e. The van der Waals surface area contributed by atoms with E-state index in [1.807, 2.05) is 55.5 Å². The number of halogens is 1. The monoisotopic (exact) mass is 503 g/mol. The first-order valence-electron chi connectivity index (χ1n) is 9.41. The van der Waals surface area contributed by atoms with E-state index in [1.165, 1.54) is 11.8 Å². The van der Waals surface area contributed by atoms with Gasteiger partial charge in [0.1, 0.15) is 10.9 Å². The highest BCUT2D eigenvalue weighted by Gasteiger charge is 2.30. The molecular formula is C23H22BrNO3S2. The molecule has 0 aliphatic carbocycles. The molecule has 2 aromatic carbocycles. The van der Waals surface area contributed by atoms with E-state index >= 15 is 0 Å². The lowest BCUT2D eigenvalue weighted by Gasteiger charge is -2.16. The van der Waals surface area contributed by atoms with Crippen molar-refractivity contribution in [1.82, 2.24) is 4.90 Å². The molecule has 0 radical (unpaired) electrons. The Kier molecular flexibility index (Phi) is 7.75. The molecule has 0 bridgehead atoms. The number of amides is 1. The number of allylic oxidation sites excluding steroid dienone is 1. The minimum Gasteiger partial charge on any atom is -0.493 e. The molecule has 1 heterocycles. The van der Waals surface area contributed by atoms with Crippen LogP contribution in [-0.4, -0.2) is 28.8 Å². The van der Waals surface area contributed by atoms with Gasteiger partial charge < -0.3 is 9.47 Å². The van der Waals surface area contributed by atoms with E-state index in [9.17, 15) is 4.79 Å². The number of likely N-dealkylation sites (N-methyl/N-ethyl adjacent to an activating group) is 1. The molecule has 1 aliphatic heterocycles. The molecule has 0 saturated carbocycles. The van der Waals surface area contributed by atoms with Crippen LogP contribution in [0.3, 0.4) is 0 Å². The van der Waals surface area contributed by atoms with Crippen LogP contribution in [0.5, 0.6) is 11.5 Å². The highest BCUT2D eigenvalue weighted by molar-refractivity contribution is 9.10. The summed E-state index contributed by atoms with van der Waals surface area (Å²) in [6, 6.07) is 11.9. The first-order valence-corrected chi connectivity index (χ1v) is 11.4. The van der Waals surface area contributed by atoms with E-state index in [1.54, 1.807) is 12.0 Å². The molecule has 1 fully saturated rings. The maximum atomic E-state index is 12.5. The number of hydrogen-bond donors (Lipinski definition) is 0. The Labute approximate surface area is 195 Å². The molecular weight excluding hydrogens is 482 g/mol. The molecule has 1 amide bonds. The molecule has 0 spiro atoms. The summed E-state index contributed by atoms with van der Waals surface area (Å²) in [7, 11) is 1.61. The summed E-state index contributed by atoms with van der Waals surface area (Å²) in [5.41, 5.74) is 2.85. The van der Waals surface area contributed by atoms with Gasteiger partial charge >= 0.3 is 0 Å². The minimum atomic E-state index is -0.0627. The van der Waals surface area contributed by atoms with Crippen LogP contribution in [0.4, 0.5) is 0 Å². The highest BCUT2D eigenvalue weighted by Crippen LogP contribution is 2.37.